The van der Waals surface area contributed by atoms with Crippen molar-refractivity contribution in [3.63, 3.8) is 0 Å². The summed E-state index contributed by atoms with van der Waals surface area (Å²) in [6, 6.07) is 11.5. The van der Waals surface area contributed by atoms with Crippen LogP contribution >= 0.6 is 0 Å². The summed E-state index contributed by atoms with van der Waals surface area (Å²) in [5.74, 6) is 1.14. The lowest BCUT2D eigenvalue weighted by Crippen LogP contribution is -2.38. The number of nitrogens with zero attached hydrogens (tertiary/aromatic N) is 4. The summed E-state index contributed by atoms with van der Waals surface area (Å²) in [5.41, 5.74) is 2.08. The number of benzene rings is 2. The number of aliphatic hydroxyl groups excluding tert-OH is 1. The molecule has 1 atom stereocenters. The molecule has 0 radical (unpaired) electrons. The SMILES string of the molecule is COc1ccc2c(c1)C(O)CN(c1nc(C)n(Cc3ccc(F)cc3)c(=O)n1)C2. The number of ether oxygens (including phenoxy) is 1. The van der Waals surface area contributed by atoms with Crippen molar-refractivity contribution in [3.05, 3.63) is 81.3 Å². The molecule has 1 aliphatic rings. The number of aromatic nitrogens is 3. The summed E-state index contributed by atoms with van der Waals surface area (Å²) in [6.45, 7) is 2.75. The van der Waals surface area contributed by atoms with Gasteiger partial charge in [-0.3, -0.25) is 4.57 Å². The van der Waals surface area contributed by atoms with Gasteiger partial charge < -0.3 is 14.7 Å². The number of halogens is 1. The van der Waals surface area contributed by atoms with E-state index in [4.69, 9.17) is 4.74 Å². The molecule has 0 saturated heterocycles. The molecule has 1 aromatic heterocycles. The molecular formula is C21H21FN4O3. The van der Waals surface area contributed by atoms with Crippen molar-refractivity contribution in [2.45, 2.75) is 26.1 Å². The van der Waals surface area contributed by atoms with Crippen LogP contribution in [0.25, 0.3) is 0 Å². The summed E-state index contributed by atoms with van der Waals surface area (Å²) in [4.78, 5) is 23.0. The molecule has 1 aliphatic heterocycles. The van der Waals surface area contributed by atoms with Crippen LogP contribution in [0.15, 0.2) is 47.3 Å². The van der Waals surface area contributed by atoms with Gasteiger partial charge in [-0.2, -0.15) is 9.97 Å². The van der Waals surface area contributed by atoms with Gasteiger partial charge in [-0.05, 0) is 47.9 Å². The Morgan fingerprint density at radius 2 is 1.97 bits per heavy atom. The molecule has 1 unspecified atom stereocenters. The van der Waals surface area contributed by atoms with Crippen molar-refractivity contribution in [2.75, 3.05) is 18.6 Å². The van der Waals surface area contributed by atoms with E-state index in [1.807, 2.05) is 18.2 Å². The summed E-state index contributed by atoms with van der Waals surface area (Å²) in [6.07, 6.45) is -0.737. The topological polar surface area (TPSA) is 80.5 Å². The van der Waals surface area contributed by atoms with E-state index in [0.717, 1.165) is 16.7 Å². The smallest absolute Gasteiger partial charge is 0.352 e. The zero-order chi connectivity index (χ0) is 20.5. The first-order valence-electron chi connectivity index (χ1n) is 9.24. The second kappa shape index (κ2) is 7.63. The molecule has 29 heavy (non-hydrogen) atoms. The van der Waals surface area contributed by atoms with E-state index in [-0.39, 0.29) is 24.9 Å². The molecule has 150 valence electrons. The Labute approximate surface area is 167 Å². The van der Waals surface area contributed by atoms with Crippen LogP contribution in [-0.2, 0) is 13.1 Å². The maximum atomic E-state index is 13.1. The van der Waals surface area contributed by atoms with Crippen molar-refractivity contribution in [3.8, 4) is 5.75 Å². The minimum absolute atomic E-state index is 0.260. The Morgan fingerprint density at radius 1 is 1.21 bits per heavy atom. The van der Waals surface area contributed by atoms with E-state index in [9.17, 15) is 14.3 Å². The molecule has 2 aromatic carbocycles. The van der Waals surface area contributed by atoms with Gasteiger partial charge in [0.2, 0.25) is 5.95 Å². The third-order valence-electron chi connectivity index (χ3n) is 5.08. The molecule has 1 N–H and O–H groups in total. The van der Waals surface area contributed by atoms with Crippen LogP contribution in [0.4, 0.5) is 10.3 Å². The van der Waals surface area contributed by atoms with Crippen molar-refractivity contribution in [1.29, 1.82) is 0 Å². The molecule has 3 aromatic rings. The fraction of sp³-hybridized carbons (Fsp3) is 0.286. The molecule has 2 heterocycles. The number of aryl methyl sites for hydroxylation is 1. The molecule has 0 spiro atoms. The second-order valence-electron chi connectivity index (χ2n) is 7.03. The molecule has 8 heteroatoms. The Bertz CT molecular complexity index is 1100. The van der Waals surface area contributed by atoms with Gasteiger partial charge in [0.15, 0.2) is 0 Å². The summed E-state index contributed by atoms with van der Waals surface area (Å²) in [5, 5.41) is 10.6. The first-order chi connectivity index (χ1) is 13.9. The van der Waals surface area contributed by atoms with Crippen LogP contribution in [0.5, 0.6) is 5.75 Å². The van der Waals surface area contributed by atoms with Crippen LogP contribution < -0.4 is 15.3 Å². The minimum atomic E-state index is -0.737. The van der Waals surface area contributed by atoms with Crippen LogP contribution in [0, 0.1) is 12.7 Å². The van der Waals surface area contributed by atoms with Gasteiger partial charge in [-0.25, -0.2) is 9.18 Å². The third-order valence-corrected chi connectivity index (χ3v) is 5.08. The van der Waals surface area contributed by atoms with Crippen LogP contribution in [0.3, 0.4) is 0 Å². The van der Waals surface area contributed by atoms with Crippen molar-refractivity contribution in [2.24, 2.45) is 0 Å². The largest absolute Gasteiger partial charge is 0.497 e. The van der Waals surface area contributed by atoms with Gasteiger partial charge in [0.05, 0.1) is 26.3 Å². The van der Waals surface area contributed by atoms with E-state index in [2.05, 4.69) is 9.97 Å². The maximum Gasteiger partial charge on any atom is 0.352 e. The highest BCUT2D eigenvalue weighted by Gasteiger charge is 2.26. The monoisotopic (exact) mass is 396 g/mol. The molecule has 0 saturated carbocycles. The highest BCUT2D eigenvalue weighted by molar-refractivity contribution is 5.44. The van der Waals surface area contributed by atoms with E-state index in [0.29, 0.717) is 18.1 Å². The van der Waals surface area contributed by atoms with Gasteiger partial charge in [-0.1, -0.05) is 18.2 Å². The molecule has 0 fully saturated rings. The summed E-state index contributed by atoms with van der Waals surface area (Å²) >= 11 is 0. The van der Waals surface area contributed by atoms with Crippen LogP contribution in [0.2, 0.25) is 0 Å². The van der Waals surface area contributed by atoms with Gasteiger partial charge in [0.25, 0.3) is 0 Å². The van der Waals surface area contributed by atoms with Gasteiger partial charge >= 0.3 is 5.69 Å². The van der Waals surface area contributed by atoms with Crippen LogP contribution in [0.1, 0.15) is 28.6 Å². The van der Waals surface area contributed by atoms with E-state index < -0.39 is 11.8 Å². The highest BCUT2D eigenvalue weighted by Crippen LogP contribution is 2.31. The zero-order valence-corrected chi connectivity index (χ0v) is 16.2. The average Bonchev–Trinajstić information content (AvgIpc) is 2.71. The second-order valence-corrected chi connectivity index (χ2v) is 7.03. The lowest BCUT2D eigenvalue weighted by atomic mass is 9.97. The van der Waals surface area contributed by atoms with Crippen molar-refractivity contribution in [1.82, 2.24) is 14.5 Å². The molecule has 0 aliphatic carbocycles. The standard InChI is InChI=1S/C21H21FN4O3/c1-13-23-20(24-21(28)26(13)10-14-3-6-16(22)7-4-14)25-11-15-5-8-17(29-2)9-18(15)19(27)12-25/h3-9,19,27H,10-12H2,1-2H3. The molecule has 4 rings (SSSR count). The van der Waals surface area contributed by atoms with E-state index in [1.54, 1.807) is 31.1 Å². The normalized spacial score (nSPS) is 15.9. The van der Waals surface area contributed by atoms with Crippen molar-refractivity contribution < 1.29 is 14.2 Å². The Hall–Kier alpha value is -3.26. The number of hydrogen-bond donors (Lipinski definition) is 1. The van der Waals surface area contributed by atoms with Gasteiger partial charge in [0, 0.05) is 6.54 Å². The molecular weight excluding hydrogens is 375 g/mol. The average molecular weight is 396 g/mol. The van der Waals surface area contributed by atoms with Gasteiger partial charge in [-0.15, -0.1) is 0 Å². The van der Waals surface area contributed by atoms with Crippen LogP contribution in [-0.4, -0.2) is 33.3 Å². The molecule has 0 bridgehead atoms. The quantitative estimate of drug-likeness (QED) is 0.728. The van der Waals surface area contributed by atoms with Gasteiger partial charge in [0.1, 0.15) is 17.4 Å². The zero-order valence-electron chi connectivity index (χ0n) is 16.2. The third kappa shape index (κ3) is 3.84. The Kier molecular flexibility index (Phi) is 5.02. The lowest BCUT2D eigenvalue weighted by Gasteiger charge is -2.32. The minimum Gasteiger partial charge on any atom is -0.497 e. The predicted octanol–water partition coefficient (Wildman–Crippen LogP) is 2.20. The lowest BCUT2D eigenvalue weighted by molar-refractivity contribution is 0.174. The number of hydrogen-bond acceptors (Lipinski definition) is 6. The highest BCUT2D eigenvalue weighted by atomic mass is 19.1. The fourth-order valence-electron chi connectivity index (χ4n) is 3.49. The number of methoxy groups -OCH3 is 1. The fourth-order valence-corrected chi connectivity index (χ4v) is 3.49. The number of anilines is 1. The first kappa shape index (κ1) is 19.1. The van der Waals surface area contributed by atoms with E-state index in [1.165, 1.54) is 16.7 Å². The maximum absolute atomic E-state index is 13.1. The van der Waals surface area contributed by atoms with E-state index >= 15 is 0 Å². The predicted molar refractivity (Wildman–Crippen MR) is 106 cm³/mol. The Balaban J connectivity index is 1.61. The summed E-state index contributed by atoms with van der Waals surface area (Å²) in [7, 11) is 1.58. The molecule has 0 amide bonds. The molecule has 7 nitrogen and oxygen atoms in total. The summed E-state index contributed by atoms with van der Waals surface area (Å²) < 4.78 is 19.8. The number of fused-ring (bicyclic) bond motifs is 1. The number of β-amino-alcohol motifs (C(OH)–C–C–N with tert-alkyl or cyclic N) is 1. The number of rotatable bonds is 4. The van der Waals surface area contributed by atoms with Crippen molar-refractivity contribution >= 4 is 5.95 Å². The number of aliphatic hydroxyl groups is 1. The first-order valence-corrected chi connectivity index (χ1v) is 9.24. The Morgan fingerprint density at radius 3 is 2.66 bits per heavy atom.